The zero-order chi connectivity index (χ0) is 21.5. The standard InChI is InChI=1S/C18H27O6PS3/c1-4-7-10-13(26)16(19)22-25(23-17(20)14(27)11-8-5-2)24-18(21)15(28)12-9-6-3/h4-6,13-15,26-28H,1-3,7-12H2. The number of allylic oxidation sites excluding steroid dienone is 3. The molecule has 28 heavy (non-hydrogen) atoms. The Morgan fingerprint density at radius 1 is 0.679 bits per heavy atom. The van der Waals surface area contributed by atoms with Crippen LogP contribution in [0.15, 0.2) is 38.0 Å². The van der Waals surface area contributed by atoms with Gasteiger partial charge in [-0.25, -0.2) is 0 Å². The number of carbonyl (C=O) groups is 3. The molecule has 0 amide bonds. The third-order valence-electron chi connectivity index (χ3n) is 3.24. The Morgan fingerprint density at radius 3 is 1.14 bits per heavy atom. The van der Waals surface area contributed by atoms with Crippen LogP contribution in [0.4, 0.5) is 0 Å². The molecule has 0 aliphatic carbocycles. The van der Waals surface area contributed by atoms with E-state index in [0.717, 1.165) is 0 Å². The predicted octanol–water partition coefficient (Wildman–Crippen LogP) is 4.64. The average molecular weight is 467 g/mol. The summed E-state index contributed by atoms with van der Waals surface area (Å²) in [5.74, 6) is -2.29. The molecule has 0 rings (SSSR count). The van der Waals surface area contributed by atoms with Gasteiger partial charge in [0.25, 0.3) is 0 Å². The lowest BCUT2D eigenvalue weighted by atomic mass is 10.2. The smallest absolute Gasteiger partial charge is 0.374 e. The molecule has 6 nitrogen and oxygen atoms in total. The van der Waals surface area contributed by atoms with Crippen molar-refractivity contribution in [1.82, 2.24) is 0 Å². The molecule has 0 spiro atoms. The molecule has 0 aromatic carbocycles. The summed E-state index contributed by atoms with van der Waals surface area (Å²) in [7, 11) is -2.59. The van der Waals surface area contributed by atoms with Gasteiger partial charge in [-0.15, -0.1) is 19.7 Å². The maximum absolute atomic E-state index is 12.1. The van der Waals surface area contributed by atoms with Crippen LogP contribution in [-0.2, 0) is 28.0 Å². The summed E-state index contributed by atoms with van der Waals surface area (Å²) < 4.78 is 15.2. The average Bonchev–Trinajstić information content (AvgIpc) is 2.67. The minimum absolute atomic E-state index is 0.375. The van der Waals surface area contributed by atoms with E-state index in [1.54, 1.807) is 18.2 Å². The lowest BCUT2D eigenvalue weighted by Gasteiger charge is -2.19. The zero-order valence-corrected chi connectivity index (χ0v) is 19.1. The van der Waals surface area contributed by atoms with Crippen LogP contribution in [0.3, 0.4) is 0 Å². The fourth-order valence-electron chi connectivity index (χ4n) is 1.64. The molecule has 10 heteroatoms. The van der Waals surface area contributed by atoms with Crippen LogP contribution in [0, 0.1) is 0 Å². The van der Waals surface area contributed by atoms with Gasteiger partial charge in [-0.05, 0) is 38.5 Å². The van der Waals surface area contributed by atoms with E-state index in [4.69, 9.17) is 13.6 Å². The van der Waals surface area contributed by atoms with Crippen molar-refractivity contribution in [1.29, 1.82) is 0 Å². The zero-order valence-electron chi connectivity index (χ0n) is 15.6. The Kier molecular flexibility index (Phi) is 15.5. The molecule has 0 radical (unpaired) electrons. The normalized spacial score (nSPS) is 14.7. The molecule has 0 aliphatic rings. The number of thiol groups is 3. The first-order chi connectivity index (χ1) is 13.3. The number of hydrogen-bond donors (Lipinski definition) is 3. The maximum Gasteiger partial charge on any atom is 0.537 e. The third kappa shape index (κ3) is 11.8. The molecule has 0 saturated heterocycles. The van der Waals surface area contributed by atoms with E-state index in [1.165, 1.54) is 0 Å². The Labute approximate surface area is 184 Å². The van der Waals surface area contributed by atoms with Crippen molar-refractivity contribution >= 4 is 64.4 Å². The van der Waals surface area contributed by atoms with Crippen LogP contribution in [0.25, 0.3) is 0 Å². The molecule has 0 aliphatic heterocycles. The highest BCUT2D eigenvalue weighted by Crippen LogP contribution is 2.42. The fourth-order valence-corrected chi connectivity index (χ4v) is 3.43. The molecular formula is C18H27O6PS3. The summed E-state index contributed by atoms with van der Waals surface area (Å²) in [6.45, 7) is 10.7. The van der Waals surface area contributed by atoms with Gasteiger partial charge in [-0.1, -0.05) is 18.2 Å². The van der Waals surface area contributed by atoms with Crippen LogP contribution in [0.2, 0.25) is 0 Å². The van der Waals surface area contributed by atoms with Gasteiger partial charge in [-0.2, -0.15) is 37.9 Å². The van der Waals surface area contributed by atoms with Crippen LogP contribution in [-0.4, -0.2) is 33.7 Å². The second-order valence-corrected chi connectivity index (χ2v) is 8.47. The molecule has 0 aromatic heterocycles. The van der Waals surface area contributed by atoms with Gasteiger partial charge in [0.1, 0.15) is 15.7 Å². The Balaban J connectivity index is 5.03. The van der Waals surface area contributed by atoms with Crippen molar-refractivity contribution in [2.75, 3.05) is 0 Å². The Bertz CT molecular complexity index is 481. The second-order valence-electron chi connectivity index (χ2n) is 5.60. The van der Waals surface area contributed by atoms with Crippen LogP contribution in [0.5, 0.6) is 0 Å². The molecule has 3 atom stereocenters. The van der Waals surface area contributed by atoms with Gasteiger partial charge in [0.15, 0.2) is 0 Å². The molecule has 0 saturated carbocycles. The second kappa shape index (κ2) is 16.0. The molecule has 3 unspecified atom stereocenters. The van der Waals surface area contributed by atoms with Gasteiger partial charge in [0, 0.05) is 0 Å². The molecule has 0 fully saturated rings. The predicted molar refractivity (Wildman–Crippen MR) is 122 cm³/mol. The van der Waals surface area contributed by atoms with E-state index in [-0.39, 0.29) is 0 Å². The SMILES string of the molecule is C=CCCC(S)C(=O)OP(OC(=O)C(S)CCC=C)OC(=O)C(S)CCC=C. The van der Waals surface area contributed by atoms with Crippen LogP contribution >= 0.6 is 46.5 Å². The van der Waals surface area contributed by atoms with Crippen molar-refractivity contribution in [3.8, 4) is 0 Å². The largest absolute Gasteiger partial charge is 0.537 e. The minimum atomic E-state index is -2.59. The van der Waals surface area contributed by atoms with E-state index in [2.05, 4.69) is 57.6 Å². The maximum atomic E-state index is 12.1. The highest BCUT2D eigenvalue weighted by atomic mass is 32.1. The Hall–Kier alpha value is -0.890. The van der Waals surface area contributed by atoms with Gasteiger partial charge >= 0.3 is 26.5 Å². The summed E-state index contributed by atoms with van der Waals surface area (Å²) in [5.41, 5.74) is 0. The number of carbonyl (C=O) groups excluding carboxylic acids is 3. The monoisotopic (exact) mass is 466 g/mol. The molecule has 158 valence electrons. The molecule has 0 bridgehead atoms. The van der Waals surface area contributed by atoms with Crippen molar-refractivity contribution in [3.63, 3.8) is 0 Å². The first-order valence-corrected chi connectivity index (χ1v) is 11.2. The Morgan fingerprint density at radius 2 is 0.929 bits per heavy atom. The number of hydrogen-bond acceptors (Lipinski definition) is 9. The molecule has 0 heterocycles. The van der Waals surface area contributed by atoms with Gasteiger partial charge in [-0.3, -0.25) is 14.4 Å². The number of rotatable bonds is 15. The highest BCUT2D eigenvalue weighted by molar-refractivity contribution is 7.82. The van der Waals surface area contributed by atoms with Gasteiger partial charge in [0.05, 0.1) is 0 Å². The van der Waals surface area contributed by atoms with E-state index in [9.17, 15) is 14.4 Å². The highest BCUT2D eigenvalue weighted by Gasteiger charge is 2.33. The lowest BCUT2D eigenvalue weighted by Crippen LogP contribution is -2.23. The van der Waals surface area contributed by atoms with E-state index in [0.29, 0.717) is 38.5 Å². The van der Waals surface area contributed by atoms with Crippen LogP contribution in [0.1, 0.15) is 38.5 Å². The fraction of sp³-hybridized carbons (Fsp3) is 0.500. The van der Waals surface area contributed by atoms with E-state index in [1.807, 2.05) is 0 Å². The van der Waals surface area contributed by atoms with E-state index >= 15 is 0 Å². The quantitative estimate of drug-likeness (QED) is 0.185. The van der Waals surface area contributed by atoms with Crippen molar-refractivity contribution < 1.29 is 28.0 Å². The molecule has 0 aromatic rings. The summed E-state index contributed by atoms with van der Waals surface area (Å²) in [5, 5.41) is -2.33. The minimum Gasteiger partial charge on any atom is -0.374 e. The van der Waals surface area contributed by atoms with Gasteiger partial charge in [0.2, 0.25) is 0 Å². The van der Waals surface area contributed by atoms with Crippen molar-refractivity contribution in [3.05, 3.63) is 38.0 Å². The summed E-state index contributed by atoms with van der Waals surface area (Å²) in [4.78, 5) is 36.4. The first-order valence-electron chi connectivity index (χ1n) is 8.59. The van der Waals surface area contributed by atoms with Gasteiger partial charge < -0.3 is 13.6 Å². The third-order valence-corrected chi connectivity index (χ3v) is 5.64. The summed E-state index contributed by atoms with van der Waals surface area (Å²) in [6.07, 6.45) is 7.66. The van der Waals surface area contributed by atoms with Crippen LogP contribution < -0.4 is 0 Å². The summed E-state index contributed by atoms with van der Waals surface area (Å²) >= 11 is 12.4. The molecule has 0 N–H and O–H groups in total. The van der Waals surface area contributed by atoms with Crippen molar-refractivity contribution in [2.45, 2.75) is 54.3 Å². The van der Waals surface area contributed by atoms with E-state index < -0.39 is 42.3 Å². The lowest BCUT2D eigenvalue weighted by molar-refractivity contribution is -0.141. The summed E-state index contributed by atoms with van der Waals surface area (Å²) in [6, 6.07) is 0. The molecular weight excluding hydrogens is 439 g/mol. The van der Waals surface area contributed by atoms with Crippen molar-refractivity contribution in [2.24, 2.45) is 0 Å². The topological polar surface area (TPSA) is 78.9 Å². The first kappa shape index (κ1) is 27.1.